The van der Waals surface area contributed by atoms with Crippen molar-refractivity contribution in [3.8, 4) is 5.75 Å². The molecule has 0 spiro atoms. The lowest BCUT2D eigenvalue weighted by molar-refractivity contribution is 0.0498. The lowest BCUT2D eigenvalue weighted by atomic mass is 10.1. The van der Waals surface area contributed by atoms with E-state index in [0.717, 1.165) is 18.4 Å². The molecule has 0 aliphatic carbocycles. The number of nitrogens with zero attached hydrogens (tertiary/aromatic N) is 1. The minimum atomic E-state index is -0.565. The summed E-state index contributed by atoms with van der Waals surface area (Å²) in [5.74, 6) is -0.468. The van der Waals surface area contributed by atoms with E-state index in [4.69, 9.17) is 9.47 Å². The number of esters is 1. The van der Waals surface area contributed by atoms with Gasteiger partial charge in [-0.15, -0.1) is 0 Å². The predicted molar refractivity (Wildman–Crippen MR) is 106 cm³/mol. The Morgan fingerprint density at radius 2 is 2.00 bits per heavy atom. The standard InChI is InChI=1S/C21H26N2O5/c1-5-6-10-28-21(26)16-12-18(19(24)22-3)20(25)23(13-16)14(2)15-8-7-9-17(11-15)27-4/h7-9,11-14H,5-6,10H2,1-4H3,(H,22,24). The third kappa shape index (κ3) is 4.79. The second-order valence-electron chi connectivity index (χ2n) is 6.38. The van der Waals surface area contributed by atoms with Crippen molar-refractivity contribution in [1.82, 2.24) is 9.88 Å². The number of ether oxygens (including phenoxy) is 2. The molecule has 1 aromatic carbocycles. The van der Waals surface area contributed by atoms with Crippen molar-refractivity contribution in [2.75, 3.05) is 20.8 Å². The van der Waals surface area contributed by atoms with Crippen LogP contribution in [0.1, 0.15) is 59.0 Å². The van der Waals surface area contributed by atoms with Gasteiger partial charge < -0.3 is 19.4 Å². The zero-order valence-corrected chi connectivity index (χ0v) is 16.7. The SMILES string of the molecule is CCCCOC(=O)c1cc(C(=O)NC)c(=O)n(C(C)c2cccc(OC)c2)c1. The third-order valence-corrected chi connectivity index (χ3v) is 4.47. The van der Waals surface area contributed by atoms with E-state index in [1.807, 2.05) is 32.0 Å². The fourth-order valence-electron chi connectivity index (χ4n) is 2.75. The van der Waals surface area contributed by atoms with E-state index < -0.39 is 23.5 Å². The van der Waals surface area contributed by atoms with E-state index in [-0.39, 0.29) is 17.7 Å². The van der Waals surface area contributed by atoms with Crippen LogP contribution in [-0.2, 0) is 4.74 Å². The fraction of sp³-hybridized carbons (Fsp3) is 0.381. The van der Waals surface area contributed by atoms with Gasteiger partial charge in [0.15, 0.2) is 0 Å². The molecule has 0 bridgehead atoms. The Morgan fingerprint density at radius 1 is 1.25 bits per heavy atom. The number of carbonyl (C=O) groups excluding carboxylic acids is 2. The van der Waals surface area contributed by atoms with Crippen molar-refractivity contribution in [2.24, 2.45) is 0 Å². The first-order valence-corrected chi connectivity index (χ1v) is 9.22. The summed E-state index contributed by atoms with van der Waals surface area (Å²) in [5, 5.41) is 2.44. The molecule has 1 amide bonds. The molecule has 1 atom stereocenters. The van der Waals surface area contributed by atoms with E-state index >= 15 is 0 Å². The summed E-state index contributed by atoms with van der Waals surface area (Å²) in [6.45, 7) is 4.10. The molecule has 1 N–H and O–H groups in total. The summed E-state index contributed by atoms with van der Waals surface area (Å²) < 4.78 is 11.9. The summed E-state index contributed by atoms with van der Waals surface area (Å²) >= 11 is 0. The number of rotatable bonds is 8. The van der Waals surface area contributed by atoms with Gasteiger partial charge in [0.25, 0.3) is 11.5 Å². The second-order valence-corrected chi connectivity index (χ2v) is 6.38. The van der Waals surface area contributed by atoms with Crippen LogP contribution < -0.4 is 15.6 Å². The van der Waals surface area contributed by atoms with Crippen LogP contribution in [0.15, 0.2) is 41.3 Å². The molecule has 0 saturated heterocycles. The average molecular weight is 386 g/mol. The van der Waals surface area contributed by atoms with Gasteiger partial charge in [-0.3, -0.25) is 9.59 Å². The first-order valence-electron chi connectivity index (χ1n) is 9.22. The van der Waals surface area contributed by atoms with Gasteiger partial charge in [-0.05, 0) is 37.1 Å². The number of hydrogen-bond acceptors (Lipinski definition) is 5. The summed E-state index contributed by atoms with van der Waals surface area (Å²) in [7, 11) is 3.00. The molecule has 0 radical (unpaired) electrons. The van der Waals surface area contributed by atoms with Crippen molar-refractivity contribution in [3.05, 3.63) is 63.6 Å². The van der Waals surface area contributed by atoms with Crippen molar-refractivity contribution in [2.45, 2.75) is 32.7 Å². The van der Waals surface area contributed by atoms with Crippen molar-refractivity contribution in [1.29, 1.82) is 0 Å². The molecule has 0 aliphatic heterocycles. The van der Waals surface area contributed by atoms with Crippen LogP contribution in [-0.4, -0.2) is 37.2 Å². The highest BCUT2D eigenvalue weighted by Crippen LogP contribution is 2.22. The van der Waals surface area contributed by atoms with E-state index in [2.05, 4.69) is 5.32 Å². The maximum Gasteiger partial charge on any atom is 0.339 e. The first-order chi connectivity index (χ1) is 13.4. The molecule has 0 fully saturated rings. The Morgan fingerprint density at radius 3 is 2.64 bits per heavy atom. The number of carbonyl (C=O) groups is 2. The number of pyridine rings is 1. The van der Waals surface area contributed by atoms with Gasteiger partial charge in [-0.2, -0.15) is 0 Å². The number of hydrogen-bond donors (Lipinski definition) is 1. The van der Waals surface area contributed by atoms with Gasteiger partial charge >= 0.3 is 5.97 Å². The molecule has 2 rings (SSSR count). The summed E-state index contributed by atoms with van der Waals surface area (Å²) in [6, 6.07) is 8.14. The molecule has 1 aromatic heterocycles. The van der Waals surface area contributed by atoms with Gasteiger partial charge in [0.1, 0.15) is 11.3 Å². The predicted octanol–water partition coefficient (Wildman–Crippen LogP) is 2.78. The Hall–Kier alpha value is -3.09. The Labute approximate surface area is 164 Å². The Bertz CT molecular complexity index is 904. The van der Waals surface area contributed by atoms with E-state index in [0.29, 0.717) is 5.75 Å². The molecule has 150 valence electrons. The molecule has 1 heterocycles. The second kappa shape index (κ2) is 9.73. The molecule has 0 saturated carbocycles. The highest BCUT2D eigenvalue weighted by Gasteiger charge is 2.20. The molecular weight excluding hydrogens is 360 g/mol. The molecule has 0 aliphatic rings. The largest absolute Gasteiger partial charge is 0.497 e. The molecule has 7 heteroatoms. The quantitative estimate of drug-likeness (QED) is 0.557. The molecule has 2 aromatic rings. The summed E-state index contributed by atoms with van der Waals surface area (Å²) in [5.41, 5.74) is 0.367. The average Bonchev–Trinajstić information content (AvgIpc) is 2.72. The number of methoxy groups -OCH3 is 1. The Balaban J connectivity index is 2.51. The van der Waals surface area contributed by atoms with Crippen LogP contribution >= 0.6 is 0 Å². The number of benzene rings is 1. The smallest absolute Gasteiger partial charge is 0.339 e. The lowest BCUT2D eigenvalue weighted by Crippen LogP contribution is -2.34. The number of aromatic nitrogens is 1. The van der Waals surface area contributed by atoms with Crippen LogP contribution in [0.4, 0.5) is 0 Å². The lowest BCUT2D eigenvalue weighted by Gasteiger charge is -2.18. The van der Waals surface area contributed by atoms with Gasteiger partial charge in [0, 0.05) is 13.2 Å². The van der Waals surface area contributed by atoms with Crippen molar-refractivity contribution >= 4 is 11.9 Å². The van der Waals surface area contributed by atoms with Gasteiger partial charge in [0.05, 0.1) is 25.3 Å². The van der Waals surface area contributed by atoms with Gasteiger partial charge in [-0.25, -0.2) is 4.79 Å². The topological polar surface area (TPSA) is 86.6 Å². The van der Waals surface area contributed by atoms with Crippen molar-refractivity contribution < 1.29 is 19.1 Å². The van der Waals surface area contributed by atoms with Crippen LogP contribution in [0.25, 0.3) is 0 Å². The first kappa shape index (κ1) is 21.2. The van der Waals surface area contributed by atoms with E-state index in [1.54, 1.807) is 13.2 Å². The van der Waals surface area contributed by atoms with E-state index in [1.165, 1.54) is 23.9 Å². The molecular formula is C21H26N2O5. The summed E-state index contributed by atoms with van der Waals surface area (Å²) in [4.78, 5) is 37.5. The minimum absolute atomic E-state index is 0.109. The minimum Gasteiger partial charge on any atom is -0.497 e. The zero-order valence-electron chi connectivity index (χ0n) is 16.7. The highest BCUT2D eigenvalue weighted by atomic mass is 16.5. The highest BCUT2D eigenvalue weighted by molar-refractivity contribution is 5.97. The van der Waals surface area contributed by atoms with Crippen molar-refractivity contribution in [3.63, 3.8) is 0 Å². The Kier molecular flexibility index (Phi) is 7.37. The monoisotopic (exact) mass is 386 g/mol. The number of amides is 1. The normalized spacial score (nSPS) is 11.6. The molecule has 1 unspecified atom stereocenters. The number of unbranched alkanes of at least 4 members (excludes halogenated alkanes) is 1. The van der Waals surface area contributed by atoms with Crippen LogP contribution in [0.2, 0.25) is 0 Å². The molecule has 7 nitrogen and oxygen atoms in total. The summed E-state index contributed by atoms with van der Waals surface area (Å²) in [6.07, 6.45) is 3.07. The fourth-order valence-corrected chi connectivity index (χ4v) is 2.75. The maximum absolute atomic E-state index is 12.9. The van der Waals surface area contributed by atoms with E-state index in [9.17, 15) is 14.4 Å². The maximum atomic E-state index is 12.9. The van der Waals surface area contributed by atoms with Crippen LogP contribution in [0.5, 0.6) is 5.75 Å². The number of nitrogens with one attached hydrogen (secondary N) is 1. The molecule has 28 heavy (non-hydrogen) atoms. The zero-order chi connectivity index (χ0) is 20.7. The van der Waals surface area contributed by atoms with Gasteiger partial charge in [-0.1, -0.05) is 25.5 Å². The van der Waals surface area contributed by atoms with Crippen LogP contribution in [0, 0.1) is 0 Å². The third-order valence-electron chi connectivity index (χ3n) is 4.47. The van der Waals surface area contributed by atoms with Gasteiger partial charge in [0.2, 0.25) is 0 Å². The van der Waals surface area contributed by atoms with Crippen LogP contribution in [0.3, 0.4) is 0 Å².